The minimum absolute atomic E-state index is 0.0723. The molecule has 0 aliphatic heterocycles. The molecule has 114 valence electrons. The molecule has 22 heavy (non-hydrogen) atoms. The van der Waals surface area contributed by atoms with Crippen molar-refractivity contribution in [2.24, 2.45) is 0 Å². The Morgan fingerprint density at radius 1 is 1.00 bits per heavy atom. The van der Waals surface area contributed by atoms with Crippen LogP contribution < -0.4 is 10.6 Å². The van der Waals surface area contributed by atoms with Gasteiger partial charge < -0.3 is 10.6 Å². The Kier molecular flexibility index (Phi) is 5.55. The van der Waals surface area contributed by atoms with Crippen molar-refractivity contribution < 1.29 is 9.59 Å². The maximum atomic E-state index is 11.9. The third kappa shape index (κ3) is 4.60. The van der Waals surface area contributed by atoms with Crippen molar-refractivity contribution in [3.8, 4) is 0 Å². The SMILES string of the molecule is Cc1ccc(C(=O)NCC(=O)NCc2ccccc2Cl)cc1. The van der Waals surface area contributed by atoms with Gasteiger partial charge in [-0.05, 0) is 30.7 Å². The van der Waals surface area contributed by atoms with Gasteiger partial charge in [0.15, 0.2) is 0 Å². The number of amides is 2. The van der Waals surface area contributed by atoms with Crippen molar-refractivity contribution in [3.05, 3.63) is 70.2 Å². The minimum Gasteiger partial charge on any atom is -0.350 e. The average molecular weight is 317 g/mol. The fraction of sp³-hybridized carbons (Fsp3) is 0.176. The number of benzene rings is 2. The molecule has 0 aliphatic rings. The van der Waals surface area contributed by atoms with Crippen LogP contribution in [-0.2, 0) is 11.3 Å². The normalized spacial score (nSPS) is 10.1. The number of nitrogens with one attached hydrogen (secondary N) is 2. The molecule has 0 bridgehead atoms. The smallest absolute Gasteiger partial charge is 0.251 e. The van der Waals surface area contributed by atoms with Gasteiger partial charge >= 0.3 is 0 Å². The van der Waals surface area contributed by atoms with Crippen LogP contribution in [0.4, 0.5) is 0 Å². The molecular formula is C17H17ClN2O2. The lowest BCUT2D eigenvalue weighted by Gasteiger charge is -2.08. The third-order valence-corrected chi connectivity index (χ3v) is 3.53. The second-order valence-electron chi connectivity index (χ2n) is 4.92. The molecule has 2 amide bonds. The van der Waals surface area contributed by atoms with Crippen LogP contribution in [0.25, 0.3) is 0 Å². The number of carbonyl (C=O) groups excluding carboxylic acids is 2. The molecule has 0 aromatic heterocycles. The summed E-state index contributed by atoms with van der Waals surface area (Å²) in [6.45, 7) is 2.21. The van der Waals surface area contributed by atoms with E-state index in [4.69, 9.17) is 11.6 Å². The zero-order chi connectivity index (χ0) is 15.9. The summed E-state index contributed by atoms with van der Waals surface area (Å²) in [6, 6.07) is 14.5. The standard InChI is InChI=1S/C17H17ClN2O2/c1-12-6-8-13(9-7-12)17(22)20-11-16(21)19-10-14-4-2-3-5-15(14)18/h2-9H,10-11H2,1H3,(H,19,21)(H,20,22). The molecule has 0 saturated carbocycles. The van der Waals surface area contributed by atoms with E-state index < -0.39 is 0 Å². The van der Waals surface area contributed by atoms with Crippen molar-refractivity contribution in [1.82, 2.24) is 10.6 Å². The first-order valence-electron chi connectivity index (χ1n) is 6.91. The molecule has 4 nitrogen and oxygen atoms in total. The van der Waals surface area contributed by atoms with Crippen LogP contribution in [0.2, 0.25) is 5.02 Å². The van der Waals surface area contributed by atoms with Crippen molar-refractivity contribution >= 4 is 23.4 Å². The first-order chi connectivity index (χ1) is 10.6. The van der Waals surface area contributed by atoms with Crippen LogP contribution >= 0.6 is 11.6 Å². The van der Waals surface area contributed by atoms with Gasteiger partial charge in [0.25, 0.3) is 5.91 Å². The van der Waals surface area contributed by atoms with E-state index >= 15 is 0 Å². The van der Waals surface area contributed by atoms with E-state index in [0.29, 0.717) is 17.1 Å². The fourth-order valence-electron chi connectivity index (χ4n) is 1.87. The van der Waals surface area contributed by atoms with E-state index in [1.807, 2.05) is 37.3 Å². The summed E-state index contributed by atoms with van der Waals surface area (Å²) in [4.78, 5) is 23.6. The summed E-state index contributed by atoms with van der Waals surface area (Å²) in [6.07, 6.45) is 0. The zero-order valence-corrected chi connectivity index (χ0v) is 13.0. The van der Waals surface area contributed by atoms with Gasteiger partial charge in [-0.3, -0.25) is 9.59 Å². The van der Waals surface area contributed by atoms with Gasteiger partial charge in [-0.1, -0.05) is 47.5 Å². The molecule has 0 aliphatic carbocycles. The van der Waals surface area contributed by atoms with Crippen molar-refractivity contribution in [2.45, 2.75) is 13.5 Å². The molecule has 2 N–H and O–H groups in total. The van der Waals surface area contributed by atoms with Crippen LogP contribution in [-0.4, -0.2) is 18.4 Å². The average Bonchev–Trinajstić information content (AvgIpc) is 2.52. The van der Waals surface area contributed by atoms with E-state index in [-0.39, 0.29) is 18.4 Å². The Balaban J connectivity index is 1.79. The summed E-state index contributed by atoms with van der Waals surface area (Å²) in [5, 5.41) is 5.91. The van der Waals surface area contributed by atoms with Gasteiger partial charge in [-0.15, -0.1) is 0 Å². The molecule has 0 heterocycles. The number of hydrogen-bond donors (Lipinski definition) is 2. The second-order valence-corrected chi connectivity index (χ2v) is 5.32. The van der Waals surface area contributed by atoms with Gasteiger partial charge in [0, 0.05) is 17.1 Å². The van der Waals surface area contributed by atoms with E-state index in [1.165, 1.54) is 0 Å². The third-order valence-electron chi connectivity index (χ3n) is 3.16. The highest BCUT2D eigenvalue weighted by atomic mass is 35.5. The van der Waals surface area contributed by atoms with E-state index in [9.17, 15) is 9.59 Å². The Bertz CT molecular complexity index is 669. The van der Waals surface area contributed by atoms with E-state index in [2.05, 4.69) is 10.6 Å². The Hall–Kier alpha value is -2.33. The van der Waals surface area contributed by atoms with Crippen molar-refractivity contribution in [1.29, 1.82) is 0 Å². The van der Waals surface area contributed by atoms with Crippen LogP contribution in [0, 0.1) is 6.92 Å². The monoisotopic (exact) mass is 316 g/mol. The van der Waals surface area contributed by atoms with Crippen molar-refractivity contribution in [3.63, 3.8) is 0 Å². The highest BCUT2D eigenvalue weighted by Crippen LogP contribution is 2.14. The van der Waals surface area contributed by atoms with E-state index in [1.54, 1.807) is 18.2 Å². The number of halogens is 1. The first kappa shape index (κ1) is 16.0. The van der Waals surface area contributed by atoms with Crippen molar-refractivity contribution in [2.75, 3.05) is 6.54 Å². The second kappa shape index (κ2) is 7.61. The Morgan fingerprint density at radius 2 is 1.68 bits per heavy atom. The van der Waals surface area contributed by atoms with E-state index in [0.717, 1.165) is 11.1 Å². The first-order valence-corrected chi connectivity index (χ1v) is 7.29. The lowest BCUT2D eigenvalue weighted by Crippen LogP contribution is -2.36. The quantitative estimate of drug-likeness (QED) is 0.891. The highest BCUT2D eigenvalue weighted by Gasteiger charge is 2.08. The van der Waals surface area contributed by atoms with Gasteiger partial charge in [0.2, 0.25) is 5.91 Å². The van der Waals surface area contributed by atoms with Gasteiger partial charge in [0.05, 0.1) is 6.54 Å². The van der Waals surface area contributed by atoms with Crippen LogP contribution in [0.3, 0.4) is 0 Å². The lowest BCUT2D eigenvalue weighted by molar-refractivity contribution is -0.120. The maximum Gasteiger partial charge on any atom is 0.251 e. The lowest BCUT2D eigenvalue weighted by atomic mass is 10.1. The van der Waals surface area contributed by atoms with Crippen LogP contribution in [0.5, 0.6) is 0 Å². The predicted octanol–water partition coefficient (Wildman–Crippen LogP) is 2.69. The predicted molar refractivity (Wildman–Crippen MR) is 86.8 cm³/mol. The summed E-state index contributed by atoms with van der Waals surface area (Å²) < 4.78 is 0. The Morgan fingerprint density at radius 3 is 2.36 bits per heavy atom. The number of rotatable bonds is 5. The molecule has 0 fully saturated rings. The molecule has 2 rings (SSSR count). The molecule has 0 spiro atoms. The summed E-state index contributed by atoms with van der Waals surface area (Å²) in [5.41, 5.74) is 2.45. The molecule has 2 aromatic carbocycles. The topological polar surface area (TPSA) is 58.2 Å². The minimum atomic E-state index is -0.270. The van der Waals surface area contributed by atoms with Gasteiger partial charge in [-0.25, -0.2) is 0 Å². The molecule has 0 saturated heterocycles. The van der Waals surface area contributed by atoms with Gasteiger partial charge in [-0.2, -0.15) is 0 Å². The Labute approximate surface area is 134 Å². The summed E-state index contributed by atoms with van der Waals surface area (Å²) in [5.74, 6) is -0.534. The summed E-state index contributed by atoms with van der Waals surface area (Å²) >= 11 is 6.01. The number of hydrogen-bond acceptors (Lipinski definition) is 2. The molecule has 0 unspecified atom stereocenters. The largest absolute Gasteiger partial charge is 0.350 e. The number of aryl methyl sites for hydroxylation is 1. The zero-order valence-electron chi connectivity index (χ0n) is 12.2. The maximum absolute atomic E-state index is 11.9. The highest BCUT2D eigenvalue weighted by molar-refractivity contribution is 6.31. The van der Waals surface area contributed by atoms with Crippen LogP contribution in [0.15, 0.2) is 48.5 Å². The molecule has 2 aromatic rings. The summed E-state index contributed by atoms with van der Waals surface area (Å²) in [7, 11) is 0. The number of carbonyl (C=O) groups is 2. The molecular weight excluding hydrogens is 300 g/mol. The fourth-order valence-corrected chi connectivity index (χ4v) is 2.07. The molecule has 0 atom stereocenters. The van der Waals surface area contributed by atoms with Gasteiger partial charge in [0.1, 0.15) is 0 Å². The molecule has 5 heteroatoms. The molecule has 0 radical (unpaired) electrons. The van der Waals surface area contributed by atoms with Crippen LogP contribution in [0.1, 0.15) is 21.5 Å².